The van der Waals surface area contributed by atoms with Crippen LogP contribution in [0.1, 0.15) is 33.5 Å². The predicted molar refractivity (Wildman–Crippen MR) is 114 cm³/mol. The molecule has 0 unspecified atom stereocenters. The molecule has 0 aromatic heterocycles. The zero-order valence-electron chi connectivity index (χ0n) is 17.3. The molecule has 0 heterocycles. The molecule has 0 atom stereocenters. The van der Waals surface area contributed by atoms with Crippen molar-refractivity contribution in [3.8, 4) is 5.75 Å². The third-order valence-corrected chi connectivity index (χ3v) is 5.10. The predicted octanol–water partition coefficient (Wildman–Crippen LogP) is 3.98. The van der Waals surface area contributed by atoms with Crippen LogP contribution in [-0.4, -0.2) is 38.2 Å². The normalized spacial score (nSPS) is 13.0. The summed E-state index contributed by atoms with van der Waals surface area (Å²) >= 11 is 0. The van der Waals surface area contributed by atoms with E-state index in [1.807, 2.05) is 18.2 Å². The lowest BCUT2D eigenvalue weighted by Gasteiger charge is -2.24. The van der Waals surface area contributed by atoms with Crippen molar-refractivity contribution in [2.75, 3.05) is 21.3 Å². The summed E-state index contributed by atoms with van der Waals surface area (Å²) in [6, 6.07) is 9.72. The molecule has 0 amide bonds. The van der Waals surface area contributed by atoms with E-state index in [1.54, 1.807) is 19.3 Å². The van der Waals surface area contributed by atoms with E-state index < -0.39 is 16.9 Å². The van der Waals surface area contributed by atoms with Gasteiger partial charge in [-0.25, -0.2) is 9.59 Å². The number of nitro benzene ring substituents is 1. The highest BCUT2D eigenvalue weighted by molar-refractivity contribution is 6.05. The fourth-order valence-electron chi connectivity index (χ4n) is 3.60. The number of fused-ring (bicyclic) bond motifs is 1. The largest absolute Gasteiger partial charge is 0.497 e. The van der Waals surface area contributed by atoms with Crippen LogP contribution in [0.15, 0.2) is 48.6 Å². The number of ether oxygens (including phenoxy) is 3. The molecule has 1 aliphatic carbocycles. The molecular weight excluding hydrogens is 402 g/mol. The lowest BCUT2D eigenvalue weighted by atomic mass is 9.81. The molecule has 8 heteroatoms. The number of carbonyl (C=O) groups is 2. The molecule has 3 rings (SSSR count). The quantitative estimate of drug-likeness (QED) is 0.299. The minimum absolute atomic E-state index is 0.0904. The van der Waals surface area contributed by atoms with Gasteiger partial charge in [0.1, 0.15) is 5.75 Å². The van der Waals surface area contributed by atoms with Crippen LogP contribution in [-0.2, 0) is 20.7 Å². The molecule has 1 aliphatic rings. The van der Waals surface area contributed by atoms with Gasteiger partial charge in [-0.2, -0.15) is 0 Å². The van der Waals surface area contributed by atoms with Gasteiger partial charge >= 0.3 is 11.9 Å². The Morgan fingerprint density at radius 1 is 1.00 bits per heavy atom. The third kappa shape index (κ3) is 4.48. The third-order valence-electron chi connectivity index (χ3n) is 5.10. The van der Waals surface area contributed by atoms with Crippen LogP contribution < -0.4 is 4.74 Å². The summed E-state index contributed by atoms with van der Waals surface area (Å²) in [6.07, 6.45) is 4.14. The monoisotopic (exact) mass is 423 g/mol. The lowest BCUT2D eigenvalue weighted by Crippen LogP contribution is -2.10. The minimum atomic E-state index is -0.678. The highest BCUT2D eigenvalue weighted by Crippen LogP contribution is 2.40. The summed E-state index contributed by atoms with van der Waals surface area (Å²) in [6.45, 7) is 0. The number of non-ortho nitro benzene ring substituents is 1. The van der Waals surface area contributed by atoms with E-state index in [-0.39, 0.29) is 11.3 Å². The molecule has 160 valence electrons. The summed E-state index contributed by atoms with van der Waals surface area (Å²) in [5.41, 5.74) is 3.78. The molecule has 0 spiro atoms. The van der Waals surface area contributed by atoms with E-state index in [1.165, 1.54) is 32.4 Å². The second kappa shape index (κ2) is 9.25. The minimum Gasteiger partial charge on any atom is -0.497 e. The maximum atomic E-state index is 12.4. The van der Waals surface area contributed by atoms with Crippen molar-refractivity contribution < 1.29 is 28.7 Å². The number of hydrogen-bond donors (Lipinski definition) is 0. The Morgan fingerprint density at radius 2 is 1.74 bits per heavy atom. The van der Waals surface area contributed by atoms with E-state index >= 15 is 0 Å². The molecule has 0 radical (unpaired) electrons. The summed E-state index contributed by atoms with van der Waals surface area (Å²) < 4.78 is 14.9. The zero-order valence-corrected chi connectivity index (χ0v) is 17.3. The first-order chi connectivity index (χ1) is 14.9. The number of carbonyl (C=O) groups excluding carboxylic acids is 2. The van der Waals surface area contributed by atoms with Crippen molar-refractivity contribution in [3.05, 3.63) is 80.9 Å². The summed E-state index contributed by atoms with van der Waals surface area (Å²) in [7, 11) is 4.09. The second-order valence-corrected chi connectivity index (χ2v) is 6.75. The number of rotatable bonds is 6. The van der Waals surface area contributed by atoms with Gasteiger partial charge in [-0.05, 0) is 65.0 Å². The van der Waals surface area contributed by atoms with Gasteiger partial charge in [0.25, 0.3) is 5.69 Å². The van der Waals surface area contributed by atoms with Crippen LogP contribution in [0.25, 0.3) is 11.1 Å². The van der Waals surface area contributed by atoms with Gasteiger partial charge in [0.05, 0.1) is 31.8 Å². The number of nitrogens with zero attached hydrogens (tertiary/aromatic N) is 1. The molecule has 0 bridgehead atoms. The highest BCUT2D eigenvalue weighted by Gasteiger charge is 2.25. The molecule has 0 N–H and O–H groups in total. The summed E-state index contributed by atoms with van der Waals surface area (Å²) in [5, 5.41) is 11.2. The SMILES string of the molecule is COC(=O)/C=C/C1=C(c2ccc([N+](=O)[O-])cc2C(=O)OC)CCc2cc(OC)ccc21. The van der Waals surface area contributed by atoms with Crippen LogP contribution in [0.3, 0.4) is 0 Å². The lowest BCUT2D eigenvalue weighted by molar-refractivity contribution is -0.384. The van der Waals surface area contributed by atoms with Gasteiger partial charge in [0.15, 0.2) is 0 Å². The number of methoxy groups -OCH3 is 3. The van der Waals surface area contributed by atoms with E-state index in [0.717, 1.165) is 16.7 Å². The van der Waals surface area contributed by atoms with Gasteiger partial charge in [-0.15, -0.1) is 0 Å². The zero-order chi connectivity index (χ0) is 22.5. The molecule has 0 fully saturated rings. The van der Waals surface area contributed by atoms with Gasteiger partial charge in [0, 0.05) is 18.2 Å². The molecular formula is C23H21NO7. The number of allylic oxidation sites excluding steroid dienone is 3. The molecule has 2 aromatic carbocycles. The topological polar surface area (TPSA) is 105 Å². The van der Waals surface area contributed by atoms with Gasteiger partial charge in [0.2, 0.25) is 0 Å². The van der Waals surface area contributed by atoms with Crippen LogP contribution >= 0.6 is 0 Å². The van der Waals surface area contributed by atoms with E-state index in [2.05, 4.69) is 0 Å². The van der Waals surface area contributed by atoms with Crippen molar-refractivity contribution in [1.82, 2.24) is 0 Å². The van der Waals surface area contributed by atoms with Crippen molar-refractivity contribution in [1.29, 1.82) is 0 Å². The first-order valence-electron chi connectivity index (χ1n) is 9.43. The Hall–Kier alpha value is -3.94. The molecule has 2 aromatic rings. The fraction of sp³-hybridized carbons (Fsp3) is 0.217. The Morgan fingerprint density at radius 3 is 2.39 bits per heavy atom. The fourth-order valence-corrected chi connectivity index (χ4v) is 3.60. The Kier molecular flexibility index (Phi) is 6.49. The Bertz CT molecular complexity index is 1110. The standard InChI is InChI=1S/C23H21NO7/c1-29-16-6-9-17-14(12-16)4-7-19(18(17)10-11-22(25)30-2)20-8-5-15(24(27)28)13-21(20)23(26)31-3/h5-6,8-13H,4,7H2,1-3H3/b11-10+. The van der Waals surface area contributed by atoms with Crippen LogP contribution in [0.5, 0.6) is 5.75 Å². The average Bonchev–Trinajstić information content (AvgIpc) is 2.80. The van der Waals surface area contributed by atoms with E-state index in [0.29, 0.717) is 29.7 Å². The first-order valence-corrected chi connectivity index (χ1v) is 9.43. The first kappa shape index (κ1) is 21.8. The second-order valence-electron chi connectivity index (χ2n) is 6.75. The van der Waals surface area contributed by atoms with Crippen molar-refractivity contribution in [2.45, 2.75) is 12.8 Å². The molecule has 0 aliphatic heterocycles. The number of aryl methyl sites for hydroxylation is 1. The Balaban J connectivity index is 2.27. The number of esters is 2. The smallest absolute Gasteiger partial charge is 0.338 e. The van der Waals surface area contributed by atoms with E-state index in [9.17, 15) is 19.7 Å². The Labute approximate surface area is 178 Å². The molecule has 0 saturated heterocycles. The van der Waals surface area contributed by atoms with Crippen LogP contribution in [0, 0.1) is 10.1 Å². The van der Waals surface area contributed by atoms with Gasteiger partial charge < -0.3 is 14.2 Å². The molecule has 31 heavy (non-hydrogen) atoms. The average molecular weight is 423 g/mol. The maximum Gasteiger partial charge on any atom is 0.338 e. The number of benzene rings is 2. The number of hydrogen-bond acceptors (Lipinski definition) is 7. The summed E-state index contributed by atoms with van der Waals surface area (Å²) in [5.74, 6) is -0.489. The van der Waals surface area contributed by atoms with Crippen LogP contribution in [0.2, 0.25) is 0 Å². The van der Waals surface area contributed by atoms with Crippen LogP contribution in [0.4, 0.5) is 5.69 Å². The van der Waals surface area contributed by atoms with Gasteiger partial charge in [-0.1, -0.05) is 6.07 Å². The molecule has 0 saturated carbocycles. The van der Waals surface area contributed by atoms with Crippen molar-refractivity contribution >= 4 is 28.8 Å². The number of nitro groups is 1. The maximum absolute atomic E-state index is 12.4. The van der Waals surface area contributed by atoms with Crippen molar-refractivity contribution in [3.63, 3.8) is 0 Å². The highest BCUT2D eigenvalue weighted by atomic mass is 16.6. The molecule has 8 nitrogen and oxygen atoms in total. The summed E-state index contributed by atoms with van der Waals surface area (Å²) in [4.78, 5) is 34.8. The van der Waals surface area contributed by atoms with E-state index in [4.69, 9.17) is 14.2 Å². The van der Waals surface area contributed by atoms with Crippen molar-refractivity contribution in [2.24, 2.45) is 0 Å². The van der Waals surface area contributed by atoms with Gasteiger partial charge in [-0.3, -0.25) is 10.1 Å².